The highest BCUT2D eigenvalue weighted by molar-refractivity contribution is 6.07. The van der Waals surface area contributed by atoms with Gasteiger partial charge in [-0.3, -0.25) is 14.3 Å². The number of nitrogens with zero attached hydrogens (tertiary/aromatic N) is 3. The van der Waals surface area contributed by atoms with Gasteiger partial charge in [0.1, 0.15) is 6.26 Å². The third-order valence-corrected chi connectivity index (χ3v) is 3.92. The second-order valence-electron chi connectivity index (χ2n) is 5.67. The van der Waals surface area contributed by atoms with Crippen LogP contribution in [0.25, 0.3) is 11.5 Å². The zero-order valence-electron chi connectivity index (χ0n) is 14.3. The number of ether oxygens (including phenoxy) is 2. The van der Waals surface area contributed by atoms with Crippen LogP contribution in [0.4, 0.5) is 5.69 Å². The van der Waals surface area contributed by atoms with Crippen molar-refractivity contribution in [2.24, 2.45) is 5.73 Å². The number of oxazole rings is 1. The van der Waals surface area contributed by atoms with Crippen molar-refractivity contribution in [2.45, 2.75) is 13.5 Å². The second-order valence-corrected chi connectivity index (χ2v) is 5.67. The number of carbonyl (C=O) groups excluding carboxylic acids is 2. The lowest BCUT2D eigenvalue weighted by molar-refractivity contribution is 0.0995. The number of rotatable bonds is 5. The van der Waals surface area contributed by atoms with Gasteiger partial charge in [0.15, 0.2) is 22.9 Å². The number of primary amides is 1. The van der Waals surface area contributed by atoms with E-state index in [1.54, 1.807) is 18.2 Å². The predicted octanol–water partition coefficient (Wildman–Crippen LogP) is 1.64. The molecule has 3 heterocycles. The number of fused-ring (bicyclic) bond motifs is 1. The molecule has 2 aromatic heterocycles. The van der Waals surface area contributed by atoms with E-state index in [1.807, 2.05) is 6.92 Å². The summed E-state index contributed by atoms with van der Waals surface area (Å²) < 4.78 is 17.5. The quantitative estimate of drug-likeness (QED) is 0.698. The van der Waals surface area contributed by atoms with Gasteiger partial charge in [-0.15, -0.1) is 0 Å². The average Bonchev–Trinajstić information content (AvgIpc) is 3.39. The molecule has 1 aromatic carbocycles. The first kappa shape index (κ1) is 16.6. The minimum Gasteiger partial charge on any atom is -0.454 e. The topological polar surface area (TPSA) is 134 Å². The van der Waals surface area contributed by atoms with Crippen LogP contribution in [0.3, 0.4) is 0 Å². The Bertz CT molecular complexity index is 1040. The molecule has 0 atom stereocenters. The summed E-state index contributed by atoms with van der Waals surface area (Å²) in [5.41, 5.74) is 6.16. The molecule has 138 valence electrons. The Kier molecular flexibility index (Phi) is 3.99. The maximum atomic E-state index is 12.5. The van der Waals surface area contributed by atoms with Gasteiger partial charge in [-0.1, -0.05) is 0 Å². The fraction of sp³-hybridized carbons (Fsp3) is 0.176. The molecule has 4 rings (SSSR count). The van der Waals surface area contributed by atoms with Crippen molar-refractivity contribution >= 4 is 17.5 Å². The lowest BCUT2D eigenvalue weighted by Crippen LogP contribution is -2.18. The molecule has 1 aliphatic rings. The maximum absolute atomic E-state index is 12.5. The first-order valence-electron chi connectivity index (χ1n) is 8.09. The number of benzene rings is 1. The third-order valence-electron chi connectivity index (χ3n) is 3.92. The molecule has 0 bridgehead atoms. The molecule has 0 fully saturated rings. The van der Waals surface area contributed by atoms with E-state index in [2.05, 4.69) is 15.4 Å². The van der Waals surface area contributed by atoms with Gasteiger partial charge in [-0.2, -0.15) is 5.10 Å². The number of hydrogen-bond acceptors (Lipinski definition) is 7. The van der Waals surface area contributed by atoms with E-state index in [1.165, 1.54) is 17.1 Å². The van der Waals surface area contributed by atoms with Crippen molar-refractivity contribution in [1.82, 2.24) is 14.8 Å². The SMILES string of the molecule is CCn1cc(NC(=O)c2coc(-c3ccc4c(c3)OCO4)n2)c(C(N)=O)n1. The van der Waals surface area contributed by atoms with E-state index < -0.39 is 11.8 Å². The van der Waals surface area contributed by atoms with E-state index in [-0.39, 0.29) is 29.8 Å². The molecule has 0 unspecified atom stereocenters. The van der Waals surface area contributed by atoms with Crippen molar-refractivity contribution in [1.29, 1.82) is 0 Å². The number of aryl methyl sites for hydroxylation is 1. The summed E-state index contributed by atoms with van der Waals surface area (Å²) >= 11 is 0. The van der Waals surface area contributed by atoms with Crippen LogP contribution in [0.5, 0.6) is 11.5 Å². The van der Waals surface area contributed by atoms with Crippen LogP contribution in [-0.4, -0.2) is 33.4 Å². The van der Waals surface area contributed by atoms with Crippen molar-refractivity contribution in [2.75, 3.05) is 12.1 Å². The summed E-state index contributed by atoms with van der Waals surface area (Å²) in [5, 5.41) is 6.60. The van der Waals surface area contributed by atoms with Gasteiger partial charge in [0.05, 0.1) is 5.69 Å². The average molecular weight is 369 g/mol. The summed E-state index contributed by atoms with van der Waals surface area (Å²) in [6.45, 7) is 2.53. The minimum absolute atomic E-state index is 0.0234. The summed E-state index contributed by atoms with van der Waals surface area (Å²) in [7, 11) is 0. The molecule has 0 aliphatic carbocycles. The van der Waals surface area contributed by atoms with Gasteiger partial charge in [-0.05, 0) is 25.1 Å². The summed E-state index contributed by atoms with van der Waals surface area (Å²) in [5.74, 6) is 0.172. The van der Waals surface area contributed by atoms with Gasteiger partial charge in [0, 0.05) is 18.3 Å². The summed E-state index contributed by atoms with van der Waals surface area (Å²) in [6, 6.07) is 5.20. The molecule has 0 saturated carbocycles. The van der Waals surface area contributed by atoms with Crippen LogP contribution in [0.2, 0.25) is 0 Å². The largest absolute Gasteiger partial charge is 0.454 e. The van der Waals surface area contributed by atoms with Crippen LogP contribution in [0, 0.1) is 0 Å². The Morgan fingerprint density at radius 3 is 2.89 bits per heavy atom. The fourth-order valence-corrected chi connectivity index (χ4v) is 2.58. The summed E-state index contributed by atoms with van der Waals surface area (Å²) in [4.78, 5) is 28.1. The molecular weight excluding hydrogens is 354 g/mol. The van der Waals surface area contributed by atoms with E-state index in [0.29, 0.717) is 23.6 Å². The molecule has 10 heteroatoms. The highest BCUT2D eigenvalue weighted by Gasteiger charge is 2.20. The molecule has 0 spiro atoms. The van der Waals surface area contributed by atoms with Gasteiger partial charge < -0.3 is 24.9 Å². The van der Waals surface area contributed by atoms with E-state index in [4.69, 9.17) is 19.6 Å². The van der Waals surface area contributed by atoms with Crippen molar-refractivity contribution < 1.29 is 23.5 Å². The molecule has 3 N–H and O–H groups in total. The molecule has 10 nitrogen and oxygen atoms in total. The number of carbonyl (C=O) groups is 2. The maximum Gasteiger partial charge on any atom is 0.277 e. The minimum atomic E-state index is -0.737. The summed E-state index contributed by atoms with van der Waals surface area (Å²) in [6.07, 6.45) is 2.75. The highest BCUT2D eigenvalue weighted by atomic mass is 16.7. The number of hydrogen-bond donors (Lipinski definition) is 2. The van der Waals surface area contributed by atoms with Crippen molar-refractivity contribution in [3.05, 3.63) is 42.0 Å². The molecule has 2 amide bonds. The van der Waals surface area contributed by atoms with Crippen LogP contribution >= 0.6 is 0 Å². The number of amides is 2. The van der Waals surface area contributed by atoms with Crippen LogP contribution in [0.15, 0.2) is 35.1 Å². The molecule has 3 aromatic rings. The molecule has 0 radical (unpaired) electrons. The van der Waals surface area contributed by atoms with Crippen LogP contribution in [0.1, 0.15) is 27.9 Å². The Balaban J connectivity index is 1.56. The Labute approximate surface area is 152 Å². The number of anilines is 1. The van der Waals surface area contributed by atoms with Crippen LogP contribution in [-0.2, 0) is 6.54 Å². The van der Waals surface area contributed by atoms with E-state index >= 15 is 0 Å². The smallest absolute Gasteiger partial charge is 0.277 e. The van der Waals surface area contributed by atoms with Crippen LogP contribution < -0.4 is 20.5 Å². The van der Waals surface area contributed by atoms with Crippen molar-refractivity contribution in [3.63, 3.8) is 0 Å². The first-order chi connectivity index (χ1) is 13.0. The molecular formula is C17H15N5O5. The van der Waals surface area contributed by atoms with Crippen molar-refractivity contribution in [3.8, 4) is 23.0 Å². The predicted molar refractivity (Wildman–Crippen MR) is 92.4 cm³/mol. The fourth-order valence-electron chi connectivity index (χ4n) is 2.58. The number of nitrogens with two attached hydrogens (primary N) is 1. The monoisotopic (exact) mass is 369 g/mol. The third kappa shape index (κ3) is 3.08. The normalized spacial score (nSPS) is 12.2. The Hall–Kier alpha value is -3.82. The van der Waals surface area contributed by atoms with E-state index in [9.17, 15) is 9.59 Å². The van der Waals surface area contributed by atoms with Gasteiger partial charge in [0.2, 0.25) is 12.7 Å². The Morgan fingerprint density at radius 1 is 1.30 bits per heavy atom. The standard InChI is InChI=1S/C17H15N5O5/c1-2-22-6-10(14(21-22)15(18)23)19-16(24)11-7-25-17(20-11)9-3-4-12-13(5-9)27-8-26-12/h3-7H,2,8H2,1H3,(H2,18,23)(H,19,24). The molecule has 1 aliphatic heterocycles. The van der Waals surface area contributed by atoms with Gasteiger partial charge in [-0.25, -0.2) is 4.98 Å². The van der Waals surface area contributed by atoms with Gasteiger partial charge >= 0.3 is 0 Å². The second kappa shape index (κ2) is 6.48. The Morgan fingerprint density at radius 2 is 2.11 bits per heavy atom. The zero-order valence-corrected chi connectivity index (χ0v) is 14.3. The molecule has 27 heavy (non-hydrogen) atoms. The number of aromatic nitrogens is 3. The number of nitrogens with one attached hydrogen (secondary N) is 1. The van der Waals surface area contributed by atoms with Gasteiger partial charge in [0.25, 0.3) is 11.8 Å². The lowest BCUT2D eigenvalue weighted by atomic mass is 10.2. The lowest BCUT2D eigenvalue weighted by Gasteiger charge is -2.00. The highest BCUT2D eigenvalue weighted by Crippen LogP contribution is 2.35. The first-order valence-corrected chi connectivity index (χ1v) is 8.09. The zero-order chi connectivity index (χ0) is 19.0. The van der Waals surface area contributed by atoms with E-state index in [0.717, 1.165) is 0 Å². The molecule has 0 saturated heterocycles.